The van der Waals surface area contributed by atoms with Crippen LogP contribution in [0.3, 0.4) is 0 Å². The molecule has 0 radical (unpaired) electrons. The molecule has 1 aliphatic rings. The third-order valence-electron chi connectivity index (χ3n) is 4.57. The summed E-state index contributed by atoms with van der Waals surface area (Å²) in [6, 6.07) is 15.8. The summed E-state index contributed by atoms with van der Waals surface area (Å²) in [4.78, 5) is 13.0. The highest BCUT2D eigenvalue weighted by atomic mass is 79.9. The van der Waals surface area contributed by atoms with Crippen LogP contribution in [0.25, 0.3) is 17.2 Å². The molecule has 3 rings (SSSR count). The van der Waals surface area contributed by atoms with Gasteiger partial charge in [-0.25, -0.2) is 0 Å². The second kappa shape index (κ2) is 9.99. The van der Waals surface area contributed by atoms with E-state index in [1.54, 1.807) is 6.26 Å². The molecular weight excluding hydrogens is 436 g/mol. The van der Waals surface area contributed by atoms with Crippen LogP contribution >= 0.6 is 15.9 Å². The van der Waals surface area contributed by atoms with Crippen molar-refractivity contribution in [1.29, 1.82) is 0 Å². The van der Waals surface area contributed by atoms with E-state index in [9.17, 15) is 9.00 Å². The number of esters is 1. The third kappa shape index (κ3) is 5.30. The van der Waals surface area contributed by atoms with Gasteiger partial charge < -0.3 is 4.74 Å². The van der Waals surface area contributed by atoms with E-state index in [4.69, 9.17) is 4.74 Å². The van der Waals surface area contributed by atoms with Crippen molar-refractivity contribution in [2.24, 2.45) is 0 Å². The van der Waals surface area contributed by atoms with Gasteiger partial charge in [-0.3, -0.25) is 9.00 Å². The first kappa shape index (κ1) is 20.7. The maximum absolute atomic E-state index is 12.2. The van der Waals surface area contributed by atoms with Crippen LogP contribution in [0.4, 0.5) is 0 Å². The Morgan fingerprint density at radius 2 is 1.79 bits per heavy atom. The van der Waals surface area contributed by atoms with Crippen molar-refractivity contribution < 1.29 is 13.7 Å². The summed E-state index contributed by atoms with van der Waals surface area (Å²) in [5.74, 6) is -0.188. The second-order valence-corrected chi connectivity index (χ2v) is 8.80. The topological polar surface area (TPSA) is 43.4 Å². The van der Waals surface area contributed by atoms with Gasteiger partial charge in [0.25, 0.3) is 0 Å². The Labute approximate surface area is 177 Å². The average Bonchev–Trinajstić information content (AvgIpc) is 3.03. The number of hydrogen-bond acceptors (Lipinski definition) is 3. The fraction of sp³-hybridized carbons (Fsp3) is 0.261. The molecule has 1 unspecified atom stereocenters. The van der Waals surface area contributed by atoms with Gasteiger partial charge in [-0.05, 0) is 65.0 Å². The molecule has 0 N–H and O–H groups in total. The Bertz CT molecular complexity index is 929. The molecule has 2 aromatic rings. The molecule has 1 atom stereocenters. The van der Waals surface area contributed by atoms with E-state index in [0.29, 0.717) is 6.61 Å². The van der Waals surface area contributed by atoms with E-state index in [2.05, 4.69) is 34.1 Å². The standard InChI is InChI=1S/C23H23BrO3S/c1-28(26)20-10-8-17(9-11-20)14-18-15-19(22-7-3-2-6-21(18)22)16-23(25)27-13-5-4-12-24/h2-3,6-11,14-15H,4-5,12-13,16H2,1H3. The molecule has 0 aliphatic heterocycles. The lowest BCUT2D eigenvalue weighted by Crippen LogP contribution is -2.06. The number of allylic oxidation sites excluding steroid dienone is 2. The highest BCUT2D eigenvalue weighted by molar-refractivity contribution is 9.09. The normalized spacial score (nSPS) is 15.2. The Morgan fingerprint density at radius 3 is 2.46 bits per heavy atom. The van der Waals surface area contributed by atoms with Gasteiger partial charge in [0.1, 0.15) is 0 Å². The zero-order chi connectivity index (χ0) is 19.9. The average molecular weight is 459 g/mol. The number of unbranched alkanes of at least 4 members (excludes halogenated alkanes) is 1. The molecule has 1 aliphatic carbocycles. The van der Waals surface area contributed by atoms with Gasteiger partial charge >= 0.3 is 5.97 Å². The van der Waals surface area contributed by atoms with Gasteiger partial charge in [0.05, 0.1) is 13.0 Å². The molecule has 5 heteroatoms. The first-order valence-corrected chi connectivity index (χ1v) is 11.9. The van der Waals surface area contributed by atoms with E-state index in [0.717, 1.165) is 50.9 Å². The van der Waals surface area contributed by atoms with Crippen LogP contribution in [0.1, 0.15) is 36.0 Å². The molecular formula is C23H23BrO3S. The molecule has 0 saturated carbocycles. The van der Waals surface area contributed by atoms with Crippen LogP contribution < -0.4 is 0 Å². The number of rotatable bonds is 8. The molecule has 0 bridgehead atoms. The molecule has 28 heavy (non-hydrogen) atoms. The molecule has 0 amide bonds. The third-order valence-corrected chi connectivity index (χ3v) is 6.07. The van der Waals surface area contributed by atoms with E-state index in [1.165, 1.54) is 0 Å². The van der Waals surface area contributed by atoms with Crippen LogP contribution in [0.15, 0.2) is 59.5 Å². The fourth-order valence-corrected chi connectivity index (χ4v) is 4.06. The molecule has 2 aromatic carbocycles. The Balaban J connectivity index is 1.78. The summed E-state index contributed by atoms with van der Waals surface area (Å²) in [6.07, 6.45) is 7.98. The zero-order valence-electron chi connectivity index (χ0n) is 15.8. The predicted molar refractivity (Wildman–Crippen MR) is 120 cm³/mol. The predicted octanol–water partition coefficient (Wildman–Crippen LogP) is 5.47. The van der Waals surface area contributed by atoms with Crippen LogP contribution in [0, 0.1) is 0 Å². The quantitative estimate of drug-likeness (QED) is 0.299. The van der Waals surface area contributed by atoms with Crippen LogP contribution in [0.2, 0.25) is 0 Å². The van der Waals surface area contributed by atoms with E-state index in [1.807, 2.05) is 42.5 Å². The van der Waals surface area contributed by atoms with Crippen molar-refractivity contribution in [2.45, 2.75) is 24.2 Å². The first-order valence-electron chi connectivity index (χ1n) is 9.25. The van der Waals surface area contributed by atoms with Crippen molar-refractivity contribution in [2.75, 3.05) is 18.2 Å². The summed E-state index contributed by atoms with van der Waals surface area (Å²) >= 11 is 3.38. The van der Waals surface area contributed by atoms with Gasteiger partial charge in [-0.15, -0.1) is 0 Å². The summed E-state index contributed by atoms with van der Waals surface area (Å²) in [7, 11) is -0.981. The minimum atomic E-state index is -0.981. The second-order valence-electron chi connectivity index (χ2n) is 6.63. The van der Waals surface area contributed by atoms with Gasteiger partial charge in [0, 0.05) is 27.3 Å². The van der Waals surface area contributed by atoms with Crippen LogP contribution in [-0.4, -0.2) is 28.4 Å². The maximum Gasteiger partial charge on any atom is 0.310 e. The van der Waals surface area contributed by atoms with Gasteiger partial charge in [0.2, 0.25) is 0 Å². The molecule has 0 saturated heterocycles. The largest absolute Gasteiger partial charge is 0.465 e. The van der Waals surface area contributed by atoms with Crippen LogP contribution in [-0.2, 0) is 20.3 Å². The van der Waals surface area contributed by atoms with E-state index in [-0.39, 0.29) is 12.4 Å². The Morgan fingerprint density at radius 1 is 1.07 bits per heavy atom. The Hall–Kier alpha value is -1.98. The van der Waals surface area contributed by atoms with Crippen molar-refractivity contribution in [1.82, 2.24) is 0 Å². The number of alkyl halides is 1. The number of fused-ring (bicyclic) bond motifs is 1. The van der Waals surface area contributed by atoms with E-state index >= 15 is 0 Å². The maximum atomic E-state index is 12.2. The lowest BCUT2D eigenvalue weighted by molar-refractivity contribution is -0.142. The molecule has 0 heterocycles. The summed E-state index contributed by atoms with van der Waals surface area (Å²) in [6.45, 7) is 0.465. The summed E-state index contributed by atoms with van der Waals surface area (Å²) in [5.41, 5.74) is 5.29. The summed E-state index contributed by atoms with van der Waals surface area (Å²) in [5, 5.41) is 0.923. The number of benzene rings is 2. The van der Waals surface area contributed by atoms with Crippen molar-refractivity contribution >= 4 is 49.9 Å². The van der Waals surface area contributed by atoms with Gasteiger partial charge in [0.15, 0.2) is 0 Å². The van der Waals surface area contributed by atoms with Gasteiger partial charge in [-0.1, -0.05) is 52.3 Å². The van der Waals surface area contributed by atoms with Crippen molar-refractivity contribution in [3.8, 4) is 0 Å². The smallest absolute Gasteiger partial charge is 0.310 e. The Kier molecular flexibility index (Phi) is 7.40. The molecule has 146 valence electrons. The van der Waals surface area contributed by atoms with Crippen LogP contribution in [0.5, 0.6) is 0 Å². The number of carbonyl (C=O) groups excluding carboxylic acids is 1. The number of halogens is 1. The number of carbonyl (C=O) groups is 1. The summed E-state index contributed by atoms with van der Waals surface area (Å²) < 4.78 is 16.9. The molecule has 0 spiro atoms. The van der Waals surface area contributed by atoms with E-state index < -0.39 is 10.8 Å². The first-order chi connectivity index (χ1) is 13.6. The van der Waals surface area contributed by atoms with Gasteiger partial charge in [-0.2, -0.15) is 0 Å². The van der Waals surface area contributed by atoms with Crippen molar-refractivity contribution in [3.63, 3.8) is 0 Å². The molecule has 0 fully saturated rings. The minimum absolute atomic E-state index is 0.188. The fourth-order valence-electron chi connectivity index (χ4n) is 3.15. The molecule has 0 aromatic heterocycles. The number of hydrogen-bond donors (Lipinski definition) is 0. The number of ether oxygens (including phenoxy) is 1. The highest BCUT2D eigenvalue weighted by Gasteiger charge is 2.20. The SMILES string of the molecule is CS(=O)c1ccc(C=C2C=C(CC(=O)OCCCCBr)c3ccccc32)cc1. The zero-order valence-corrected chi connectivity index (χ0v) is 18.2. The molecule has 3 nitrogen and oxygen atoms in total. The lowest BCUT2D eigenvalue weighted by atomic mass is 10.0. The lowest BCUT2D eigenvalue weighted by Gasteiger charge is -2.06. The van der Waals surface area contributed by atoms with Crippen molar-refractivity contribution in [3.05, 3.63) is 71.3 Å². The minimum Gasteiger partial charge on any atom is -0.465 e. The monoisotopic (exact) mass is 458 g/mol. The highest BCUT2D eigenvalue weighted by Crippen LogP contribution is 2.38.